The summed E-state index contributed by atoms with van der Waals surface area (Å²) in [7, 11) is -4.23. The summed E-state index contributed by atoms with van der Waals surface area (Å²) in [6, 6.07) is 15.8. The highest BCUT2D eigenvalue weighted by molar-refractivity contribution is 7.90. The van der Waals surface area contributed by atoms with Gasteiger partial charge >= 0.3 is 10.2 Å². The Hall–Kier alpha value is -5.78. The number of amides is 3. The number of benzene rings is 3. The van der Waals surface area contributed by atoms with Crippen LogP contribution >= 0.6 is 0 Å². The highest BCUT2D eigenvalue weighted by Crippen LogP contribution is 2.35. The largest absolute Gasteiger partial charge is 0.372 e. The highest BCUT2D eigenvalue weighted by atomic mass is 32.2. The van der Waals surface area contributed by atoms with Gasteiger partial charge in [-0.15, -0.1) is 0 Å². The molecule has 5 aromatic rings. The Kier molecular flexibility index (Phi) is 10.7. The quantitative estimate of drug-likeness (QED) is 0.148. The molecule has 2 atom stereocenters. The van der Waals surface area contributed by atoms with Crippen LogP contribution < -0.4 is 14.9 Å². The Labute approximate surface area is 362 Å². The molecule has 13 nitrogen and oxygen atoms in total. The van der Waals surface area contributed by atoms with Gasteiger partial charge in [0, 0.05) is 105 Å². The van der Waals surface area contributed by atoms with Crippen molar-refractivity contribution in [3.8, 4) is 11.1 Å². The molecule has 0 bridgehead atoms. The van der Waals surface area contributed by atoms with Crippen molar-refractivity contribution in [2.75, 3.05) is 48.9 Å². The molecule has 5 aliphatic heterocycles. The Morgan fingerprint density at radius 3 is 2.48 bits per heavy atom. The molecule has 63 heavy (non-hydrogen) atoms. The van der Waals surface area contributed by atoms with Crippen molar-refractivity contribution in [1.29, 1.82) is 0 Å². The number of carbonyl (C=O) groups is 3. The lowest BCUT2D eigenvalue weighted by atomic mass is 9.92. The first-order chi connectivity index (χ1) is 30.4. The molecular formula is C46H47F3N8O5S. The second-order valence-electron chi connectivity index (χ2n) is 17.5. The van der Waals surface area contributed by atoms with Crippen LogP contribution in [-0.4, -0.2) is 102 Å². The number of halogens is 3. The normalized spacial score (nSPS) is 21.3. The molecule has 3 saturated heterocycles. The number of piperidine rings is 2. The van der Waals surface area contributed by atoms with Gasteiger partial charge in [-0.05, 0) is 102 Å². The van der Waals surface area contributed by atoms with Gasteiger partial charge in [-0.1, -0.05) is 18.2 Å². The summed E-state index contributed by atoms with van der Waals surface area (Å²) in [4.78, 5) is 51.5. The average molecular weight is 881 g/mol. The first-order valence-electron chi connectivity index (χ1n) is 21.6. The van der Waals surface area contributed by atoms with Gasteiger partial charge in [0.05, 0.1) is 5.69 Å². The smallest absolute Gasteiger partial charge is 0.301 e. The SMILES string of the molecule is O=C1CCC(N2Cc3cc(N4CCC(CN5CCc6cc(-c7cnc8[nH]cc(Cc9c(F)ccc(NS(=O)(=O)N%10CC[C@@H](F)C%10)c9F)c8c7)ccc6C5)CC4)ccc3C2=O)C(=O)N1. The number of H-pyrrole nitrogens is 1. The molecule has 3 amide bonds. The van der Waals surface area contributed by atoms with E-state index in [1.54, 1.807) is 17.3 Å². The van der Waals surface area contributed by atoms with E-state index in [2.05, 4.69) is 54.1 Å². The fraction of sp³-hybridized carbons (Fsp3) is 0.391. The number of nitrogens with zero attached hydrogens (tertiary/aromatic N) is 5. The van der Waals surface area contributed by atoms with E-state index >= 15 is 8.78 Å². The van der Waals surface area contributed by atoms with E-state index in [0.717, 1.165) is 90.8 Å². The Morgan fingerprint density at radius 2 is 1.68 bits per heavy atom. The van der Waals surface area contributed by atoms with E-state index in [-0.39, 0.29) is 49.7 Å². The molecule has 3 N–H and O–H groups in total. The van der Waals surface area contributed by atoms with Gasteiger partial charge in [0.2, 0.25) is 11.8 Å². The van der Waals surface area contributed by atoms with E-state index in [1.165, 1.54) is 11.1 Å². The zero-order valence-electron chi connectivity index (χ0n) is 34.5. The minimum atomic E-state index is -4.23. The molecule has 328 valence electrons. The van der Waals surface area contributed by atoms with E-state index < -0.39 is 45.7 Å². The summed E-state index contributed by atoms with van der Waals surface area (Å²) < 4.78 is 73.4. The number of hydrogen-bond acceptors (Lipinski definition) is 8. The third kappa shape index (κ3) is 8.06. The molecule has 7 heterocycles. The minimum Gasteiger partial charge on any atom is -0.372 e. The molecule has 0 aliphatic carbocycles. The fourth-order valence-corrected chi connectivity index (χ4v) is 11.2. The number of aromatic amines is 1. The lowest BCUT2D eigenvalue weighted by molar-refractivity contribution is -0.136. The Morgan fingerprint density at radius 1 is 0.841 bits per heavy atom. The van der Waals surface area contributed by atoms with Crippen molar-refractivity contribution in [1.82, 2.24) is 29.4 Å². The van der Waals surface area contributed by atoms with Crippen LogP contribution in [0.4, 0.5) is 24.5 Å². The van der Waals surface area contributed by atoms with Gasteiger partial charge in [-0.2, -0.15) is 12.7 Å². The molecule has 3 fully saturated rings. The van der Waals surface area contributed by atoms with Crippen LogP contribution in [0.15, 0.2) is 67.0 Å². The van der Waals surface area contributed by atoms with Crippen molar-refractivity contribution in [3.05, 3.63) is 112 Å². The molecule has 2 aromatic heterocycles. The number of aromatic nitrogens is 2. The van der Waals surface area contributed by atoms with Crippen LogP contribution in [0.5, 0.6) is 0 Å². The predicted octanol–water partition coefficient (Wildman–Crippen LogP) is 5.84. The van der Waals surface area contributed by atoms with Gasteiger partial charge in [-0.3, -0.25) is 29.3 Å². The molecular weight excluding hydrogens is 834 g/mol. The number of pyridine rings is 1. The molecule has 0 spiro atoms. The van der Waals surface area contributed by atoms with Crippen LogP contribution in [0.3, 0.4) is 0 Å². The van der Waals surface area contributed by atoms with Crippen molar-refractivity contribution >= 4 is 50.3 Å². The maximum absolute atomic E-state index is 15.8. The number of nitrogens with one attached hydrogen (secondary N) is 3. The van der Waals surface area contributed by atoms with Gasteiger partial charge < -0.3 is 14.8 Å². The molecule has 1 unspecified atom stereocenters. The Bertz CT molecular complexity index is 2780. The molecule has 0 saturated carbocycles. The summed E-state index contributed by atoms with van der Waals surface area (Å²) in [6.07, 6.45) is 5.64. The van der Waals surface area contributed by atoms with E-state index in [4.69, 9.17) is 0 Å². The standard InChI is InChI=1S/C46H47F3N8O5S/c47-34-12-16-56(26-34)63(61,62)53-40-6-5-39(48)38(43(40)49)20-32-22-51-44-37(32)19-31(21-50-44)28-1-2-30-24-54(13-11-29(30)17-28)23-27-9-14-55(15-10-27)35-3-4-36-33(18-35)25-57(46(36)60)41-7-8-42(58)52-45(41)59/h1-6,17-19,21-22,27,34,41,53H,7-16,20,23-26H2,(H,50,51)(H,52,58,59)/t34-,41?/m1/s1. The minimum absolute atomic E-state index is 0.0235. The van der Waals surface area contributed by atoms with Crippen molar-refractivity contribution in [3.63, 3.8) is 0 Å². The maximum atomic E-state index is 15.8. The van der Waals surface area contributed by atoms with Crippen LogP contribution in [0.2, 0.25) is 0 Å². The lowest BCUT2D eigenvalue weighted by Crippen LogP contribution is -2.52. The van der Waals surface area contributed by atoms with Crippen LogP contribution in [-0.2, 0) is 45.7 Å². The van der Waals surface area contributed by atoms with Gasteiger partial charge in [-0.25, -0.2) is 18.2 Å². The molecule has 5 aliphatic rings. The summed E-state index contributed by atoms with van der Waals surface area (Å²) in [6.45, 7) is 4.68. The van der Waals surface area contributed by atoms with E-state index in [9.17, 15) is 27.2 Å². The first kappa shape index (κ1) is 41.2. The average Bonchev–Trinajstić information content (AvgIpc) is 4.00. The first-order valence-corrected chi connectivity index (χ1v) is 23.0. The fourth-order valence-electron chi connectivity index (χ4n) is 9.94. The lowest BCUT2D eigenvalue weighted by Gasteiger charge is -2.37. The topological polar surface area (TPSA) is 151 Å². The summed E-state index contributed by atoms with van der Waals surface area (Å²) >= 11 is 0. The summed E-state index contributed by atoms with van der Waals surface area (Å²) in [5.41, 5.74) is 7.50. The molecule has 17 heteroatoms. The van der Waals surface area contributed by atoms with Crippen LogP contribution in [0, 0.1) is 17.6 Å². The molecule has 3 aromatic carbocycles. The van der Waals surface area contributed by atoms with Crippen molar-refractivity contribution < 1.29 is 36.0 Å². The number of alkyl halides is 1. The molecule has 10 rings (SSSR count). The van der Waals surface area contributed by atoms with Crippen molar-refractivity contribution in [2.45, 2.75) is 70.2 Å². The van der Waals surface area contributed by atoms with E-state index in [1.807, 2.05) is 18.2 Å². The molecule has 0 radical (unpaired) electrons. The highest BCUT2D eigenvalue weighted by Gasteiger charge is 2.39. The van der Waals surface area contributed by atoms with Crippen LogP contribution in [0.25, 0.3) is 22.2 Å². The predicted molar refractivity (Wildman–Crippen MR) is 231 cm³/mol. The monoisotopic (exact) mass is 880 g/mol. The van der Waals surface area contributed by atoms with Gasteiger partial charge in [0.1, 0.15) is 23.7 Å². The second kappa shape index (κ2) is 16.4. The number of fused-ring (bicyclic) bond motifs is 3. The maximum Gasteiger partial charge on any atom is 0.301 e. The zero-order valence-corrected chi connectivity index (χ0v) is 35.3. The number of imide groups is 1. The van der Waals surface area contributed by atoms with Crippen LogP contribution in [0.1, 0.15) is 70.3 Å². The van der Waals surface area contributed by atoms with E-state index in [0.29, 0.717) is 41.0 Å². The number of rotatable bonds is 10. The number of carbonyl (C=O) groups excluding carboxylic acids is 3. The third-order valence-electron chi connectivity index (χ3n) is 13.5. The number of hydrogen-bond donors (Lipinski definition) is 3. The third-order valence-corrected chi connectivity index (χ3v) is 15.0. The summed E-state index contributed by atoms with van der Waals surface area (Å²) in [5, 5.41) is 3.06. The van der Waals surface area contributed by atoms with Crippen molar-refractivity contribution in [2.24, 2.45) is 5.92 Å². The van der Waals surface area contributed by atoms with Gasteiger partial charge in [0.15, 0.2) is 5.82 Å². The Balaban J connectivity index is 0.760. The second-order valence-corrected chi connectivity index (χ2v) is 19.2. The van der Waals surface area contributed by atoms with Gasteiger partial charge in [0.25, 0.3) is 5.91 Å². The number of anilines is 2. The summed E-state index contributed by atoms with van der Waals surface area (Å²) in [5.74, 6) is -2.14. The zero-order chi connectivity index (χ0) is 43.6.